The molecule has 15 atom stereocenters. The van der Waals surface area contributed by atoms with Gasteiger partial charge in [0, 0.05) is 0 Å². The van der Waals surface area contributed by atoms with Crippen LogP contribution in [0.15, 0.2) is 0 Å². The van der Waals surface area contributed by atoms with Crippen molar-refractivity contribution in [3.8, 4) is 0 Å². The van der Waals surface area contributed by atoms with E-state index in [1.807, 2.05) is 0 Å². The van der Waals surface area contributed by atoms with Crippen LogP contribution in [0.1, 0.15) is 13.8 Å². The highest BCUT2D eigenvalue weighted by molar-refractivity contribution is 4.95. The Balaban J connectivity index is 1.79. The molecule has 0 radical (unpaired) electrons. The minimum Gasteiger partial charge on any atom is -0.394 e. The van der Waals surface area contributed by atoms with Gasteiger partial charge in [0.1, 0.15) is 61.0 Å². The Kier molecular flexibility index (Phi) is 8.44. The van der Waals surface area contributed by atoms with E-state index >= 15 is 0 Å². The van der Waals surface area contributed by atoms with Crippen molar-refractivity contribution in [2.24, 2.45) is 0 Å². The second-order valence-corrected chi connectivity index (χ2v) is 8.30. The first-order valence-corrected chi connectivity index (χ1v) is 10.3. The highest BCUT2D eigenvalue weighted by Crippen LogP contribution is 2.32. The lowest BCUT2D eigenvalue weighted by Crippen LogP contribution is -2.66. The normalized spacial score (nSPS) is 55.0. The first kappa shape index (κ1) is 26.1. The standard InChI is InChI=1S/C18H32O14/c1-4-7(20)10(23)12(25)17(29-4)31-14-8(21)5(2)28-16(27)15(14)32-18-13(26)11(24)9(22)6(3-19)30-18/h4-27H,3H2,1-2H3/t4-,5-,6+,7-,8-,9+,10+,11-,12+,13+,14+,15+,16?,17-,18+/m0/s1. The van der Waals surface area contributed by atoms with Gasteiger partial charge in [-0.25, -0.2) is 0 Å². The molecule has 3 fully saturated rings. The highest BCUT2D eigenvalue weighted by Gasteiger charge is 2.52. The smallest absolute Gasteiger partial charge is 0.187 e. The van der Waals surface area contributed by atoms with Crippen molar-refractivity contribution in [3.63, 3.8) is 0 Å². The molecule has 0 amide bonds. The molecule has 0 aromatic carbocycles. The number of hydrogen-bond acceptors (Lipinski definition) is 14. The fraction of sp³-hybridized carbons (Fsp3) is 1.00. The van der Waals surface area contributed by atoms with E-state index in [0.717, 1.165) is 0 Å². The van der Waals surface area contributed by atoms with Crippen LogP contribution in [0.4, 0.5) is 0 Å². The zero-order valence-corrected chi connectivity index (χ0v) is 17.4. The molecule has 0 aliphatic carbocycles. The molecular weight excluding hydrogens is 440 g/mol. The third-order valence-electron chi connectivity index (χ3n) is 6.02. The maximum Gasteiger partial charge on any atom is 0.187 e. The van der Waals surface area contributed by atoms with Gasteiger partial charge < -0.3 is 69.6 Å². The summed E-state index contributed by atoms with van der Waals surface area (Å²) in [6.07, 6.45) is -22.6. The number of rotatable bonds is 5. The summed E-state index contributed by atoms with van der Waals surface area (Å²) in [6, 6.07) is 0. The van der Waals surface area contributed by atoms with Crippen LogP contribution in [0.5, 0.6) is 0 Å². The fourth-order valence-electron chi connectivity index (χ4n) is 3.92. The van der Waals surface area contributed by atoms with Crippen molar-refractivity contribution in [1.82, 2.24) is 0 Å². The topological polar surface area (TPSA) is 228 Å². The van der Waals surface area contributed by atoms with Crippen LogP contribution >= 0.6 is 0 Å². The first-order chi connectivity index (χ1) is 15.0. The first-order valence-electron chi connectivity index (χ1n) is 10.3. The van der Waals surface area contributed by atoms with E-state index in [1.54, 1.807) is 0 Å². The Morgan fingerprint density at radius 1 is 0.562 bits per heavy atom. The lowest BCUT2D eigenvalue weighted by molar-refractivity contribution is -0.384. The molecule has 0 aromatic rings. The van der Waals surface area contributed by atoms with Crippen LogP contribution in [0.2, 0.25) is 0 Å². The molecule has 14 heteroatoms. The van der Waals surface area contributed by atoms with Gasteiger partial charge in [-0.2, -0.15) is 0 Å². The Labute approximate surface area is 183 Å². The van der Waals surface area contributed by atoms with Gasteiger partial charge in [-0.05, 0) is 13.8 Å². The average Bonchev–Trinajstić information content (AvgIpc) is 2.76. The molecule has 3 aliphatic heterocycles. The van der Waals surface area contributed by atoms with Crippen molar-refractivity contribution in [3.05, 3.63) is 0 Å². The van der Waals surface area contributed by atoms with E-state index < -0.39 is 98.7 Å². The molecule has 32 heavy (non-hydrogen) atoms. The van der Waals surface area contributed by atoms with E-state index in [4.69, 9.17) is 23.7 Å². The predicted molar refractivity (Wildman–Crippen MR) is 98.4 cm³/mol. The average molecular weight is 472 g/mol. The Morgan fingerprint density at radius 3 is 1.66 bits per heavy atom. The lowest BCUT2D eigenvalue weighted by Gasteiger charge is -2.47. The third kappa shape index (κ3) is 4.94. The summed E-state index contributed by atoms with van der Waals surface area (Å²) in [5.74, 6) is 0. The molecule has 0 spiro atoms. The second kappa shape index (κ2) is 10.4. The van der Waals surface area contributed by atoms with Gasteiger partial charge in [-0.15, -0.1) is 0 Å². The molecule has 3 heterocycles. The van der Waals surface area contributed by atoms with Gasteiger partial charge in [-0.1, -0.05) is 0 Å². The summed E-state index contributed by atoms with van der Waals surface area (Å²) in [4.78, 5) is 0. The molecule has 0 saturated carbocycles. The second-order valence-electron chi connectivity index (χ2n) is 8.30. The summed E-state index contributed by atoms with van der Waals surface area (Å²) in [5.41, 5.74) is 0. The van der Waals surface area contributed by atoms with Gasteiger partial charge >= 0.3 is 0 Å². The van der Waals surface area contributed by atoms with Crippen LogP contribution in [-0.4, -0.2) is 145 Å². The van der Waals surface area contributed by atoms with Crippen LogP contribution in [0.3, 0.4) is 0 Å². The van der Waals surface area contributed by atoms with Gasteiger partial charge in [0.25, 0.3) is 0 Å². The quantitative estimate of drug-likeness (QED) is 0.182. The van der Waals surface area contributed by atoms with Crippen molar-refractivity contribution in [1.29, 1.82) is 0 Å². The van der Waals surface area contributed by atoms with E-state index in [1.165, 1.54) is 13.8 Å². The summed E-state index contributed by atoms with van der Waals surface area (Å²) in [7, 11) is 0. The maximum absolute atomic E-state index is 10.6. The summed E-state index contributed by atoms with van der Waals surface area (Å²) >= 11 is 0. The fourth-order valence-corrected chi connectivity index (χ4v) is 3.92. The molecule has 0 bridgehead atoms. The van der Waals surface area contributed by atoms with Gasteiger partial charge in [0.05, 0.1) is 18.8 Å². The van der Waals surface area contributed by atoms with Crippen LogP contribution in [0.25, 0.3) is 0 Å². The zero-order valence-electron chi connectivity index (χ0n) is 17.4. The minimum absolute atomic E-state index is 0.714. The molecule has 3 rings (SSSR count). The Hall–Kier alpha value is -0.560. The lowest BCUT2D eigenvalue weighted by atomic mass is 9.96. The molecule has 1 unspecified atom stereocenters. The van der Waals surface area contributed by atoms with E-state index in [2.05, 4.69) is 0 Å². The third-order valence-corrected chi connectivity index (χ3v) is 6.02. The molecule has 3 aliphatic rings. The van der Waals surface area contributed by atoms with Crippen molar-refractivity contribution in [2.45, 2.75) is 106 Å². The maximum atomic E-state index is 10.6. The van der Waals surface area contributed by atoms with Crippen LogP contribution < -0.4 is 0 Å². The molecule has 0 aromatic heterocycles. The molecule has 9 N–H and O–H groups in total. The van der Waals surface area contributed by atoms with Crippen molar-refractivity contribution >= 4 is 0 Å². The highest BCUT2D eigenvalue weighted by atomic mass is 16.8. The Bertz CT molecular complexity index is 608. The molecule has 3 saturated heterocycles. The number of ether oxygens (including phenoxy) is 5. The Morgan fingerprint density at radius 2 is 1.06 bits per heavy atom. The van der Waals surface area contributed by atoms with Crippen LogP contribution in [0, 0.1) is 0 Å². The molecule has 14 nitrogen and oxygen atoms in total. The van der Waals surface area contributed by atoms with Gasteiger partial charge in [-0.3, -0.25) is 0 Å². The number of aliphatic hydroxyl groups is 9. The summed E-state index contributed by atoms with van der Waals surface area (Å²) in [6.45, 7) is 2.14. The molecular formula is C18H32O14. The van der Waals surface area contributed by atoms with Gasteiger partial charge in [0.15, 0.2) is 18.9 Å². The van der Waals surface area contributed by atoms with Gasteiger partial charge in [0.2, 0.25) is 0 Å². The predicted octanol–water partition coefficient (Wildman–Crippen LogP) is -5.52. The van der Waals surface area contributed by atoms with E-state index in [-0.39, 0.29) is 0 Å². The van der Waals surface area contributed by atoms with E-state index in [9.17, 15) is 46.0 Å². The SMILES string of the molecule is C[C@@H]1O[C@@H](O[C@@H]2[C@@H](O)[C@H](C)OC(O)[C@@H]2O[C@H]2O[C@H](CO)[C@@H](O)[C@H](O)[C@H]2O)[C@H](O)[C@H](O)[C@H]1O. The molecule has 188 valence electrons. The van der Waals surface area contributed by atoms with Crippen molar-refractivity contribution in [2.75, 3.05) is 6.61 Å². The summed E-state index contributed by atoms with van der Waals surface area (Å²) in [5, 5.41) is 90.4. The summed E-state index contributed by atoms with van der Waals surface area (Å²) < 4.78 is 27.0. The monoisotopic (exact) mass is 472 g/mol. The van der Waals surface area contributed by atoms with E-state index in [0.29, 0.717) is 0 Å². The van der Waals surface area contributed by atoms with Crippen molar-refractivity contribution < 1.29 is 69.6 Å². The minimum atomic E-state index is -1.80. The zero-order chi connectivity index (χ0) is 23.9. The largest absolute Gasteiger partial charge is 0.394 e. The number of aliphatic hydroxyl groups excluding tert-OH is 9. The number of hydrogen-bond donors (Lipinski definition) is 9. The van der Waals surface area contributed by atoms with Crippen LogP contribution in [-0.2, 0) is 23.7 Å².